The van der Waals surface area contributed by atoms with Gasteiger partial charge in [0.25, 0.3) is 5.91 Å². The summed E-state index contributed by atoms with van der Waals surface area (Å²) < 4.78 is 0. The zero-order valence-corrected chi connectivity index (χ0v) is 6.57. The number of hydrogen-bond donors (Lipinski definition) is 3. The number of aromatic amines is 2. The zero-order chi connectivity index (χ0) is 10.9. The van der Waals surface area contributed by atoms with Crippen LogP contribution in [-0.4, -0.2) is 20.8 Å². The molecule has 1 aromatic heterocycles. The molecule has 0 aliphatic carbocycles. The second-order valence-corrected chi connectivity index (χ2v) is 2.25. The molecule has 0 radical (unpaired) electrons. The molecule has 1 amide bonds. The lowest BCUT2D eigenvalue weighted by atomic mass is 10.3. The van der Waals surface area contributed by atoms with Gasteiger partial charge < -0.3 is 5.73 Å². The van der Waals surface area contributed by atoms with Crippen LogP contribution in [0.25, 0.3) is 0 Å². The third kappa shape index (κ3) is 1.50. The number of carbonyl (C=O) groups excluding carboxylic acids is 1. The lowest BCUT2D eigenvalue weighted by Gasteiger charge is -1.95. The molecule has 1 heterocycles. The summed E-state index contributed by atoms with van der Waals surface area (Å²) in [6.07, 6.45) is 0. The Labute approximate surface area is 74.7 Å². The number of carbonyl (C=O) groups is 1. The highest BCUT2D eigenvalue weighted by Gasteiger charge is 2.24. The number of H-pyrrole nitrogens is 2. The largest absolute Gasteiger partial charge is 0.364 e. The Morgan fingerprint density at radius 1 is 1.36 bits per heavy atom. The monoisotopic (exact) mass is 200 g/mol. The number of primary amides is 1. The molecule has 0 saturated carbocycles. The van der Waals surface area contributed by atoms with Crippen LogP contribution < -0.4 is 17.0 Å². The van der Waals surface area contributed by atoms with Crippen LogP contribution >= 0.6 is 0 Å². The molecule has 14 heavy (non-hydrogen) atoms. The van der Waals surface area contributed by atoms with Crippen molar-refractivity contribution in [1.82, 2.24) is 9.97 Å². The van der Waals surface area contributed by atoms with Gasteiger partial charge in [-0.15, -0.1) is 0 Å². The summed E-state index contributed by atoms with van der Waals surface area (Å²) in [6.45, 7) is 0. The van der Waals surface area contributed by atoms with Crippen molar-refractivity contribution in [2.75, 3.05) is 0 Å². The number of aromatic nitrogens is 2. The Morgan fingerprint density at radius 2 is 1.93 bits per heavy atom. The molecule has 0 bridgehead atoms. The zero-order valence-electron chi connectivity index (χ0n) is 6.57. The summed E-state index contributed by atoms with van der Waals surface area (Å²) >= 11 is 0. The molecule has 1 aromatic rings. The first-order valence-electron chi connectivity index (χ1n) is 3.24. The number of rotatable bonds is 2. The topological polar surface area (TPSA) is 152 Å². The number of nitro groups is 1. The van der Waals surface area contributed by atoms with Gasteiger partial charge in [-0.2, -0.15) is 0 Å². The summed E-state index contributed by atoms with van der Waals surface area (Å²) in [5.41, 5.74) is 0.532. The molecule has 9 nitrogen and oxygen atoms in total. The fraction of sp³-hybridized carbons (Fsp3) is 0. The van der Waals surface area contributed by atoms with E-state index < -0.39 is 33.5 Å². The maximum absolute atomic E-state index is 10.9. The van der Waals surface area contributed by atoms with Gasteiger partial charge >= 0.3 is 16.9 Å². The molecule has 0 saturated heterocycles. The van der Waals surface area contributed by atoms with Gasteiger partial charge in [-0.05, 0) is 0 Å². The van der Waals surface area contributed by atoms with Gasteiger partial charge in [-0.25, -0.2) is 4.79 Å². The van der Waals surface area contributed by atoms with Gasteiger partial charge in [-0.1, -0.05) is 0 Å². The van der Waals surface area contributed by atoms with Crippen molar-refractivity contribution in [2.45, 2.75) is 0 Å². The van der Waals surface area contributed by atoms with E-state index in [9.17, 15) is 24.5 Å². The summed E-state index contributed by atoms with van der Waals surface area (Å²) in [4.78, 5) is 44.7. The van der Waals surface area contributed by atoms with E-state index in [4.69, 9.17) is 5.73 Å². The minimum absolute atomic E-state index is 0.816. The Hall–Kier alpha value is -2.45. The van der Waals surface area contributed by atoms with Gasteiger partial charge in [-0.3, -0.25) is 29.7 Å². The molecule has 0 aromatic carbocycles. The van der Waals surface area contributed by atoms with Crippen molar-refractivity contribution in [3.63, 3.8) is 0 Å². The lowest BCUT2D eigenvalue weighted by Crippen LogP contribution is -2.30. The van der Waals surface area contributed by atoms with Crippen LogP contribution in [0.2, 0.25) is 0 Å². The van der Waals surface area contributed by atoms with E-state index in [1.54, 1.807) is 9.97 Å². The fourth-order valence-electron chi connectivity index (χ4n) is 0.832. The maximum atomic E-state index is 10.9. The minimum atomic E-state index is -1.27. The highest BCUT2D eigenvalue weighted by molar-refractivity contribution is 5.94. The molecule has 0 atom stereocenters. The normalized spacial score (nSPS) is 9.71. The Kier molecular flexibility index (Phi) is 2.15. The van der Waals surface area contributed by atoms with Crippen molar-refractivity contribution in [2.24, 2.45) is 5.73 Å². The number of hydrogen-bond acceptors (Lipinski definition) is 5. The highest BCUT2D eigenvalue weighted by atomic mass is 16.6. The molecule has 1 rings (SSSR count). The van der Waals surface area contributed by atoms with Gasteiger partial charge in [0.15, 0.2) is 5.69 Å². The van der Waals surface area contributed by atoms with E-state index in [2.05, 4.69) is 0 Å². The second kappa shape index (κ2) is 3.12. The summed E-state index contributed by atoms with van der Waals surface area (Å²) in [6, 6.07) is 0. The van der Waals surface area contributed by atoms with Crippen LogP contribution in [0.5, 0.6) is 0 Å². The van der Waals surface area contributed by atoms with Gasteiger partial charge in [0.2, 0.25) is 0 Å². The molecule has 0 spiro atoms. The van der Waals surface area contributed by atoms with Gasteiger partial charge in [0, 0.05) is 0 Å². The van der Waals surface area contributed by atoms with Crippen LogP contribution in [0.3, 0.4) is 0 Å². The quantitative estimate of drug-likeness (QED) is 0.375. The van der Waals surface area contributed by atoms with Crippen molar-refractivity contribution < 1.29 is 9.72 Å². The molecule has 74 valence electrons. The van der Waals surface area contributed by atoms with Crippen LogP contribution in [0, 0.1) is 10.1 Å². The second-order valence-electron chi connectivity index (χ2n) is 2.25. The molecule has 9 heteroatoms. The van der Waals surface area contributed by atoms with Gasteiger partial charge in [0.05, 0.1) is 4.92 Å². The lowest BCUT2D eigenvalue weighted by molar-refractivity contribution is -0.386. The summed E-state index contributed by atoms with van der Waals surface area (Å²) in [7, 11) is 0. The number of nitrogens with two attached hydrogens (primary N) is 1. The molecule has 0 unspecified atom stereocenters. The molecule has 0 aliphatic rings. The Bertz CT molecular complexity index is 512. The van der Waals surface area contributed by atoms with Crippen molar-refractivity contribution in [1.29, 1.82) is 0 Å². The average molecular weight is 200 g/mol. The molecule has 0 fully saturated rings. The summed E-state index contributed by atoms with van der Waals surface area (Å²) in [5, 5.41) is 10.3. The number of nitrogens with one attached hydrogen (secondary N) is 2. The standard InChI is InChI=1S/C5H4N4O5/c6-3(10)1-2(9(13)14)4(11)8-5(12)7-1/h(H2,6,10)(H2,7,8,11,12). The molecular formula is C5H4N4O5. The van der Waals surface area contributed by atoms with Crippen molar-refractivity contribution in [3.8, 4) is 0 Å². The van der Waals surface area contributed by atoms with Crippen LogP contribution in [0.4, 0.5) is 5.69 Å². The van der Waals surface area contributed by atoms with Crippen LogP contribution in [-0.2, 0) is 0 Å². The predicted molar refractivity (Wildman–Crippen MR) is 42.9 cm³/mol. The first-order chi connectivity index (χ1) is 6.43. The van der Waals surface area contributed by atoms with E-state index in [1.807, 2.05) is 0 Å². The minimum Gasteiger partial charge on any atom is -0.364 e. The summed E-state index contributed by atoms with van der Waals surface area (Å²) in [5.74, 6) is -1.25. The van der Waals surface area contributed by atoms with E-state index in [0.717, 1.165) is 0 Å². The molecule has 0 aliphatic heterocycles. The van der Waals surface area contributed by atoms with Gasteiger partial charge in [0.1, 0.15) is 0 Å². The van der Waals surface area contributed by atoms with Crippen LogP contribution in [0.1, 0.15) is 10.5 Å². The van der Waals surface area contributed by atoms with Crippen molar-refractivity contribution in [3.05, 3.63) is 36.6 Å². The maximum Gasteiger partial charge on any atom is 0.362 e. The SMILES string of the molecule is NC(=O)c1[nH]c(=O)[nH]c(=O)c1[N+](=O)[O-]. The third-order valence-electron chi connectivity index (χ3n) is 1.35. The smallest absolute Gasteiger partial charge is 0.362 e. The first kappa shape index (κ1) is 9.64. The van der Waals surface area contributed by atoms with E-state index in [0.29, 0.717) is 0 Å². The Balaban J connectivity index is 3.70. The fourth-order valence-corrected chi connectivity index (χ4v) is 0.832. The van der Waals surface area contributed by atoms with E-state index in [-0.39, 0.29) is 0 Å². The predicted octanol–water partition coefficient (Wildman–Crippen LogP) is -1.93. The first-order valence-corrected chi connectivity index (χ1v) is 3.24. The highest BCUT2D eigenvalue weighted by Crippen LogP contribution is 2.05. The van der Waals surface area contributed by atoms with E-state index >= 15 is 0 Å². The van der Waals surface area contributed by atoms with Crippen LogP contribution in [0.15, 0.2) is 9.59 Å². The van der Waals surface area contributed by atoms with E-state index in [1.165, 1.54) is 0 Å². The number of amides is 1. The average Bonchev–Trinajstić information content (AvgIpc) is 2.01. The third-order valence-corrected chi connectivity index (χ3v) is 1.35. The molecule has 4 N–H and O–H groups in total. The molecular weight excluding hydrogens is 196 g/mol. The number of nitrogens with zero attached hydrogens (tertiary/aromatic N) is 1. The Morgan fingerprint density at radius 3 is 2.36 bits per heavy atom. The van der Waals surface area contributed by atoms with Crippen molar-refractivity contribution >= 4 is 11.6 Å².